The molecule has 1 heterocycles. The lowest BCUT2D eigenvalue weighted by Gasteiger charge is -2.17. The maximum absolute atomic E-state index is 11.3. The van der Waals surface area contributed by atoms with Crippen molar-refractivity contribution in [2.45, 2.75) is 52.0 Å². The van der Waals surface area contributed by atoms with Crippen LogP contribution in [-0.4, -0.2) is 11.3 Å². The Morgan fingerprint density at radius 2 is 2.31 bits per heavy atom. The molecular weight excluding hydrogens is 162 g/mol. The van der Waals surface area contributed by atoms with Crippen molar-refractivity contribution in [2.75, 3.05) is 0 Å². The molecule has 13 heavy (non-hydrogen) atoms. The van der Waals surface area contributed by atoms with E-state index in [1.54, 1.807) is 6.08 Å². The molecule has 0 saturated carbocycles. The molecule has 1 N–H and O–H groups in total. The highest BCUT2D eigenvalue weighted by Crippen LogP contribution is 2.24. The van der Waals surface area contributed by atoms with E-state index in [2.05, 4.69) is 19.2 Å². The molecule has 0 aromatic heterocycles. The number of carbonyl (C=O) groups excluding carboxylic acids is 1. The molecule has 0 atom stereocenters. The van der Waals surface area contributed by atoms with Gasteiger partial charge in [0.2, 0.25) is 0 Å². The zero-order chi connectivity index (χ0) is 9.90. The lowest BCUT2D eigenvalue weighted by molar-refractivity contribution is -0.114. The van der Waals surface area contributed by atoms with Gasteiger partial charge in [0, 0.05) is 23.7 Å². The van der Waals surface area contributed by atoms with Gasteiger partial charge in [-0.1, -0.05) is 6.92 Å². The minimum Gasteiger partial charge on any atom is -0.383 e. The van der Waals surface area contributed by atoms with Crippen LogP contribution in [-0.2, 0) is 4.79 Å². The quantitative estimate of drug-likeness (QED) is 0.677. The third-order valence-corrected chi connectivity index (χ3v) is 2.35. The van der Waals surface area contributed by atoms with Gasteiger partial charge in [0.25, 0.3) is 0 Å². The molecule has 0 aliphatic carbocycles. The third kappa shape index (κ3) is 3.21. The summed E-state index contributed by atoms with van der Waals surface area (Å²) in [5, 5.41) is 3.36. The van der Waals surface area contributed by atoms with Gasteiger partial charge in [-0.15, -0.1) is 0 Å². The molecule has 1 rings (SSSR count). The van der Waals surface area contributed by atoms with Crippen LogP contribution in [0.1, 0.15) is 46.5 Å². The van der Waals surface area contributed by atoms with E-state index in [9.17, 15) is 4.79 Å². The van der Waals surface area contributed by atoms with E-state index in [1.165, 1.54) is 0 Å². The first kappa shape index (κ1) is 10.3. The van der Waals surface area contributed by atoms with Crippen molar-refractivity contribution in [3.05, 3.63) is 11.8 Å². The molecule has 1 fully saturated rings. The summed E-state index contributed by atoms with van der Waals surface area (Å²) in [7, 11) is 0. The number of ketones is 1. The molecule has 1 aliphatic heterocycles. The molecule has 0 radical (unpaired) electrons. The fourth-order valence-corrected chi connectivity index (χ4v) is 1.63. The van der Waals surface area contributed by atoms with Crippen molar-refractivity contribution in [3.63, 3.8) is 0 Å². The van der Waals surface area contributed by atoms with Gasteiger partial charge in [0.1, 0.15) is 0 Å². The average molecular weight is 181 g/mol. The normalized spacial score (nSPS) is 23.2. The molecule has 1 aliphatic rings. The Labute approximate surface area is 80.4 Å². The van der Waals surface area contributed by atoms with Crippen molar-refractivity contribution in [1.29, 1.82) is 0 Å². The van der Waals surface area contributed by atoms with Crippen molar-refractivity contribution in [2.24, 2.45) is 0 Å². The fourth-order valence-electron chi connectivity index (χ4n) is 1.63. The number of nitrogens with one attached hydrogen (secondary N) is 1. The molecule has 2 heteroatoms. The van der Waals surface area contributed by atoms with Crippen LogP contribution in [0, 0.1) is 0 Å². The van der Waals surface area contributed by atoms with E-state index < -0.39 is 0 Å². The van der Waals surface area contributed by atoms with E-state index in [4.69, 9.17) is 0 Å². The summed E-state index contributed by atoms with van der Waals surface area (Å²) in [5.74, 6) is 0.253. The van der Waals surface area contributed by atoms with Crippen LogP contribution in [0.25, 0.3) is 0 Å². The Hall–Kier alpha value is -0.790. The van der Waals surface area contributed by atoms with E-state index >= 15 is 0 Å². The Morgan fingerprint density at radius 1 is 1.62 bits per heavy atom. The SMILES string of the molecule is CCCC(=O)/C=C1/CCC(C)(C)N1. The predicted molar refractivity (Wildman–Crippen MR) is 54.4 cm³/mol. The van der Waals surface area contributed by atoms with E-state index in [1.807, 2.05) is 6.92 Å². The summed E-state index contributed by atoms with van der Waals surface area (Å²) < 4.78 is 0. The van der Waals surface area contributed by atoms with Crippen molar-refractivity contribution >= 4 is 5.78 Å². The number of allylic oxidation sites excluding steroid dienone is 2. The molecule has 1 saturated heterocycles. The molecule has 0 amide bonds. The highest BCUT2D eigenvalue weighted by molar-refractivity contribution is 5.90. The summed E-state index contributed by atoms with van der Waals surface area (Å²) in [6, 6.07) is 0. The van der Waals surface area contributed by atoms with Gasteiger partial charge in [-0.2, -0.15) is 0 Å². The van der Waals surface area contributed by atoms with Crippen LogP contribution in [0.5, 0.6) is 0 Å². The first-order valence-electron chi connectivity index (χ1n) is 5.05. The first-order chi connectivity index (χ1) is 6.03. The maximum atomic E-state index is 11.3. The number of rotatable bonds is 3. The van der Waals surface area contributed by atoms with Gasteiger partial charge in [-0.3, -0.25) is 4.79 Å². The van der Waals surface area contributed by atoms with Crippen molar-refractivity contribution < 1.29 is 4.79 Å². The second-order valence-corrected chi connectivity index (χ2v) is 4.39. The van der Waals surface area contributed by atoms with E-state index in [-0.39, 0.29) is 11.3 Å². The van der Waals surface area contributed by atoms with E-state index in [0.717, 1.165) is 25.0 Å². The zero-order valence-electron chi connectivity index (χ0n) is 8.81. The van der Waals surface area contributed by atoms with Crippen LogP contribution in [0.4, 0.5) is 0 Å². The lowest BCUT2D eigenvalue weighted by atomic mass is 10.0. The predicted octanol–water partition coefficient (Wildman–Crippen LogP) is 2.40. The van der Waals surface area contributed by atoms with E-state index in [0.29, 0.717) is 6.42 Å². The minimum absolute atomic E-state index is 0.179. The number of carbonyl (C=O) groups is 1. The molecule has 0 bridgehead atoms. The molecule has 2 nitrogen and oxygen atoms in total. The number of hydrogen-bond acceptors (Lipinski definition) is 2. The molecule has 0 aromatic rings. The fraction of sp³-hybridized carbons (Fsp3) is 0.727. The van der Waals surface area contributed by atoms with Gasteiger partial charge in [-0.05, 0) is 33.1 Å². The Balaban J connectivity index is 2.50. The molecule has 0 spiro atoms. The Bertz CT molecular complexity index is 228. The molecule has 0 unspecified atom stereocenters. The smallest absolute Gasteiger partial charge is 0.157 e. The minimum atomic E-state index is 0.179. The number of hydrogen-bond donors (Lipinski definition) is 1. The largest absolute Gasteiger partial charge is 0.383 e. The second kappa shape index (κ2) is 3.95. The van der Waals surface area contributed by atoms with Crippen LogP contribution in [0.2, 0.25) is 0 Å². The van der Waals surface area contributed by atoms with Gasteiger partial charge in [0.15, 0.2) is 5.78 Å². The maximum Gasteiger partial charge on any atom is 0.157 e. The van der Waals surface area contributed by atoms with Crippen LogP contribution in [0.3, 0.4) is 0 Å². The topological polar surface area (TPSA) is 29.1 Å². The monoisotopic (exact) mass is 181 g/mol. The van der Waals surface area contributed by atoms with Crippen LogP contribution >= 0.6 is 0 Å². The van der Waals surface area contributed by atoms with Crippen molar-refractivity contribution in [3.8, 4) is 0 Å². The molecule has 0 aromatic carbocycles. The highest BCUT2D eigenvalue weighted by Gasteiger charge is 2.25. The summed E-state index contributed by atoms with van der Waals surface area (Å²) in [5.41, 5.74) is 1.29. The van der Waals surface area contributed by atoms with Crippen LogP contribution in [0.15, 0.2) is 11.8 Å². The van der Waals surface area contributed by atoms with Crippen molar-refractivity contribution in [1.82, 2.24) is 5.32 Å². The first-order valence-corrected chi connectivity index (χ1v) is 5.05. The standard InChI is InChI=1S/C11H19NO/c1-4-5-10(13)8-9-6-7-11(2,3)12-9/h8,12H,4-7H2,1-3H3/b9-8-. The Kier molecular flexibility index (Phi) is 3.12. The van der Waals surface area contributed by atoms with Gasteiger partial charge < -0.3 is 5.32 Å². The molecular formula is C11H19NO. The second-order valence-electron chi connectivity index (χ2n) is 4.39. The summed E-state index contributed by atoms with van der Waals surface area (Å²) >= 11 is 0. The van der Waals surface area contributed by atoms with Gasteiger partial charge in [0.05, 0.1) is 0 Å². The summed E-state index contributed by atoms with van der Waals surface area (Å²) in [6.07, 6.45) is 5.52. The summed E-state index contributed by atoms with van der Waals surface area (Å²) in [6.45, 7) is 6.36. The third-order valence-electron chi connectivity index (χ3n) is 2.35. The zero-order valence-corrected chi connectivity index (χ0v) is 8.81. The Morgan fingerprint density at radius 3 is 2.77 bits per heavy atom. The lowest BCUT2D eigenvalue weighted by Crippen LogP contribution is -2.31. The highest BCUT2D eigenvalue weighted by atomic mass is 16.1. The van der Waals surface area contributed by atoms with Gasteiger partial charge >= 0.3 is 0 Å². The van der Waals surface area contributed by atoms with Crippen LogP contribution < -0.4 is 5.32 Å². The van der Waals surface area contributed by atoms with Gasteiger partial charge in [-0.25, -0.2) is 0 Å². The average Bonchev–Trinajstić information content (AvgIpc) is 2.30. The molecule has 74 valence electrons. The summed E-state index contributed by atoms with van der Waals surface area (Å²) in [4.78, 5) is 11.3.